The van der Waals surface area contributed by atoms with Crippen LogP contribution in [0.4, 0.5) is 17.6 Å². The quantitative estimate of drug-likeness (QED) is 0.412. The molecule has 0 radical (unpaired) electrons. The fourth-order valence-corrected chi connectivity index (χ4v) is 5.16. The number of nitrogens with one attached hydrogen (secondary N) is 2. The van der Waals surface area contributed by atoms with E-state index in [1.807, 2.05) is 0 Å². The minimum atomic E-state index is -4.28. The van der Waals surface area contributed by atoms with Gasteiger partial charge in [-0.3, -0.25) is 14.9 Å². The van der Waals surface area contributed by atoms with Gasteiger partial charge in [-0.15, -0.1) is 0 Å². The van der Waals surface area contributed by atoms with Crippen molar-refractivity contribution in [1.29, 1.82) is 0 Å². The molecule has 2 aromatic heterocycles. The third-order valence-electron chi connectivity index (χ3n) is 5.25. The lowest BCUT2D eigenvalue weighted by Crippen LogP contribution is -2.18. The van der Waals surface area contributed by atoms with Crippen LogP contribution in [0.15, 0.2) is 41.4 Å². The van der Waals surface area contributed by atoms with Gasteiger partial charge < -0.3 is 5.32 Å². The van der Waals surface area contributed by atoms with E-state index >= 15 is 8.78 Å². The van der Waals surface area contributed by atoms with Gasteiger partial charge in [0.2, 0.25) is 0 Å². The number of hydrogen-bond acceptors (Lipinski definition) is 5. The Kier molecular flexibility index (Phi) is 5.86. The zero-order valence-corrected chi connectivity index (χ0v) is 18.5. The van der Waals surface area contributed by atoms with E-state index in [4.69, 9.17) is 0 Å². The van der Waals surface area contributed by atoms with Crippen molar-refractivity contribution in [2.45, 2.75) is 17.6 Å². The van der Waals surface area contributed by atoms with Crippen molar-refractivity contribution in [3.05, 3.63) is 76.7 Å². The van der Waals surface area contributed by atoms with Crippen molar-refractivity contribution in [2.75, 3.05) is 7.05 Å². The van der Waals surface area contributed by atoms with Gasteiger partial charge >= 0.3 is 0 Å². The second-order valence-corrected chi connectivity index (χ2v) is 9.35. The van der Waals surface area contributed by atoms with Gasteiger partial charge in [-0.25, -0.2) is 26.0 Å². The maximum atomic E-state index is 15.4. The van der Waals surface area contributed by atoms with Crippen LogP contribution in [0.25, 0.3) is 22.0 Å². The van der Waals surface area contributed by atoms with Gasteiger partial charge in [0, 0.05) is 23.6 Å². The highest BCUT2D eigenvalue weighted by atomic mass is 32.2. The molecule has 0 aliphatic heterocycles. The third kappa shape index (κ3) is 3.89. The predicted octanol–water partition coefficient (Wildman–Crippen LogP) is 3.82. The lowest BCUT2D eigenvalue weighted by Gasteiger charge is -2.12. The van der Waals surface area contributed by atoms with Gasteiger partial charge in [0.05, 0.1) is 28.1 Å². The molecule has 176 valence electrons. The van der Waals surface area contributed by atoms with Crippen molar-refractivity contribution < 1.29 is 30.8 Å². The summed E-state index contributed by atoms with van der Waals surface area (Å²) < 4.78 is 84.4. The normalized spacial score (nSPS) is 11.7. The van der Waals surface area contributed by atoms with Gasteiger partial charge in [-0.1, -0.05) is 12.1 Å². The highest BCUT2D eigenvalue weighted by Gasteiger charge is 2.26. The van der Waals surface area contributed by atoms with Crippen LogP contribution in [0.3, 0.4) is 0 Å². The summed E-state index contributed by atoms with van der Waals surface area (Å²) in [6.07, 6.45) is 0.842. The fraction of sp³-hybridized carbons (Fsp3) is 0.136. The molecule has 0 bridgehead atoms. The molecule has 0 unspecified atom stereocenters. The topological polar surface area (TPSA) is 105 Å². The van der Waals surface area contributed by atoms with Crippen LogP contribution in [0.2, 0.25) is 0 Å². The lowest BCUT2D eigenvalue weighted by molar-refractivity contribution is 0.0959. The van der Waals surface area contributed by atoms with Crippen LogP contribution in [0.1, 0.15) is 21.7 Å². The molecule has 0 aliphatic rings. The number of aromatic nitrogens is 3. The van der Waals surface area contributed by atoms with Gasteiger partial charge in [-0.05, 0) is 25.1 Å². The molecular formula is C22H16F4N4O3S. The van der Waals surface area contributed by atoms with Crippen LogP contribution >= 0.6 is 0 Å². The van der Waals surface area contributed by atoms with E-state index in [0.29, 0.717) is 0 Å². The highest BCUT2D eigenvalue weighted by molar-refractivity contribution is 7.90. The maximum absolute atomic E-state index is 15.4. The molecule has 0 spiro atoms. The average Bonchev–Trinajstić information content (AvgIpc) is 3.23. The van der Waals surface area contributed by atoms with E-state index in [1.165, 1.54) is 20.0 Å². The number of hydrogen-bond donors (Lipinski definition) is 2. The number of carbonyl (C=O) groups excluding carboxylic acids is 1. The van der Waals surface area contributed by atoms with Gasteiger partial charge in [0.25, 0.3) is 5.91 Å². The second kappa shape index (κ2) is 8.52. The van der Waals surface area contributed by atoms with Crippen LogP contribution in [-0.4, -0.2) is 36.6 Å². The van der Waals surface area contributed by atoms with E-state index in [1.54, 1.807) is 0 Å². The molecule has 1 amide bonds. The fourth-order valence-electron chi connectivity index (χ4n) is 3.58. The van der Waals surface area contributed by atoms with Crippen molar-refractivity contribution in [1.82, 2.24) is 20.5 Å². The Balaban J connectivity index is 1.83. The molecule has 4 aromatic rings. The van der Waals surface area contributed by atoms with Crippen molar-refractivity contribution in [2.24, 2.45) is 0 Å². The van der Waals surface area contributed by atoms with Crippen LogP contribution in [0.5, 0.6) is 0 Å². The number of halogens is 4. The van der Waals surface area contributed by atoms with Gasteiger partial charge in [-0.2, -0.15) is 5.10 Å². The Morgan fingerprint density at radius 1 is 1.09 bits per heavy atom. The molecule has 4 rings (SSSR count). The van der Waals surface area contributed by atoms with E-state index < -0.39 is 66.4 Å². The number of nitrogens with zero attached hydrogens (tertiary/aromatic N) is 2. The monoisotopic (exact) mass is 492 g/mol. The highest BCUT2D eigenvalue weighted by Crippen LogP contribution is 2.35. The standard InChI is InChI=1S/C22H16F4N4O3S/c1-10-16(7-12(23)8-28-10)34(32,33)9-11-3-6-15(24)17(18(11)25)13-4-5-14-20(19(13)26)29-30-21(14)22(31)27-2/h3-8H,9H2,1-2H3,(H,27,31)(H,29,30). The lowest BCUT2D eigenvalue weighted by atomic mass is 9.99. The van der Waals surface area contributed by atoms with E-state index in [9.17, 15) is 22.0 Å². The summed E-state index contributed by atoms with van der Waals surface area (Å²) in [5.41, 5.74) is -2.12. The molecule has 2 heterocycles. The first kappa shape index (κ1) is 23.4. The van der Waals surface area contributed by atoms with Gasteiger partial charge in [0.1, 0.15) is 28.7 Å². The summed E-state index contributed by atoms with van der Waals surface area (Å²) in [5, 5.41) is 8.55. The number of aromatic amines is 1. The number of fused-ring (bicyclic) bond motifs is 1. The molecule has 2 aromatic carbocycles. The zero-order chi connectivity index (χ0) is 24.8. The maximum Gasteiger partial charge on any atom is 0.269 e. The number of carbonyl (C=O) groups is 1. The first-order valence-corrected chi connectivity index (χ1v) is 11.4. The summed E-state index contributed by atoms with van der Waals surface area (Å²) in [5.74, 6) is -5.94. The Hall–Kier alpha value is -3.80. The number of pyridine rings is 1. The zero-order valence-electron chi connectivity index (χ0n) is 17.7. The van der Waals surface area contributed by atoms with Gasteiger partial charge in [0.15, 0.2) is 15.7 Å². The van der Waals surface area contributed by atoms with E-state index in [0.717, 1.165) is 30.5 Å². The molecule has 0 fully saturated rings. The van der Waals surface area contributed by atoms with Crippen molar-refractivity contribution in [3.8, 4) is 11.1 Å². The number of benzene rings is 2. The molecule has 7 nitrogen and oxygen atoms in total. The summed E-state index contributed by atoms with van der Waals surface area (Å²) in [4.78, 5) is 15.1. The first-order valence-electron chi connectivity index (χ1n) is 9.76. The Morgan fingerprint density at radius 3 is 2.53 bits per heavy atom. The Labute approximate surface area is 190 Å². The van der Waals surface area contributed by atoms with Crippen LogP contribution in [0, 0.1) is 30.2 Å². The molecular weight excluding hydrogens is 476 g/mol. The third-order valence-corrected chi connectivity index (χ3v) is 7.02. The second-order valence-electron chi connectivity index (χ2n) is 7.39. The molecule has 0 saturated carbocycles. The minimum Gasteiger partial charge on any atom is -0.354 e. The van der Waals surface area contributed by atoms with Crippen LogP contribution in [-0.2, 0) is 15.6 Å². The predicted molar refractivity (Wildman–Crippen MR) is 115 cm³/mol. The summed E-state index contributed by atoms with van der Waals surface area (Å²) in [6, 6.07) is 4.83. The van der Waals surface area contributed by atoms with Crippen molar-refractivity contribution in [3.63, 3.8) is 0 Å². The number of aryl methyl sites for hydroxylation is 1. The smallest absolute Gasteiger partial charge is 0.269 e. The summed E-state index contributed by atoms with van der Waals surface area (Å²) in [6.45, 7) is 1.35. The summed E-state index contributed by atoms with van der Waals surface area (Å²) in [7, 11) is -2.91. The molecule has 34 heavy (non-hydrogen) atoms. The Bertz CT molecular complexity index is 1570. The Morgan fingerprint density at radius 2 is 1.82 bits per heavy atom. The first-order chi connectivity index (χ1) is 16.0. The average molecular weight is 492 g/mol. The number of sulfone groups is 1. The number of H-pyrrole nitrogens is 1. The number of amides is 1. The molecule has 2 N–H and O–H groups in total. The molecule has 12 heteroatoms. The molecule has 0 atom stereocenters. The SMILES string of the molecule is CNC(=O)c1[nH]nc2c(F)c(-c3c(F)ccc(CS(=O)(=O)c4cc(F)cnc4C)c3F)ccc12. The largest absolute Gasteiger partial charge is 0.354 e. The molecule has 0 saturated heterocycles. The number of rotatable bonds is 5. The summed E-state index contributed by atoms with van der Waals surface area (Å²) >= 11 is 0. The minimum absolute atomic E-state index is 0.00564. The van der Waals surface area contributed by atoms with E-state index in [2.05, 4.69) is 20.5 Å². The van der Waals surface area contributed by atoms with E-state index in [-0.39, 0.29) is 22.3 Å². The molecule has 0 aliphatic carbocycles. The van der Waals surface area contributed by atoms with Crippen molar-refractivity contribution >= 4 is 26.6 Å². The van der Waals surface area contributed by atoms with Crippen LogP contribution < -0.4 is 5.32 Å².